The molecule has 3 rings (SSSR count). The van der Waals surface area contributed by atoms with Crippen LogP contribution in [-0.2, 0) is 17.3 Å². The van der Waals surface area contributed by atoms with E-state index in [0.29, 0.717) is 16.8 Å². The maximum absolute atomic E-state index is 13.6. The number of halogens is 3. The summed E-state index contributed by atoms with van der Waals surface area (Å²) in [4.78, 5) is 19.3. The lowest BCUT2D eigenvalue weighted by atomic mass is 10.0. The van der Waals surface area contributed by atoms with Crippen molar-refractivity contribution in [2.75, 3.05) is 0 Å². The van der Waals surface area contributed by atoms with Crippen LogP contribution < -0.4 is 0 Å². The first kappa shape index (κ1) is 16.3. The maximum Gasteiger partial charge on any atom is 0.325 e. The molecular formula is C15H11ClF2N4O2. The van der Waals surface area contributed by atoms with Crippen LogP contribution in [0.1, 0.15) is 12.5 Å². The Labute approximate surface area is 139 Å². The van der Waals surface area contributed by atoms with E-state index >= 15 is 0 Å². The highest BCUT2D eigenvalue weighted by atomic mass is 35.5. The van der Waals surface area contributed by atoms with Gasteiger partial charge in [0.1, 0.15) is 12.1 Å². The van der Waals surface area contributed by atoms with Gasteiger partial charge in [-0.2, -0.15) is 5.10 Å². The number of fused-ring (bicyclic) bond motifs is 1. The van der Waals surface area contributed by atoms with Gasteiger partial charge < -0.3 is 5.11 Å². The lowest BCUT2D eigenvalue weighted by Gasteiger charge is -2.14. The topological polar surface area (TPSA) is 80.9 Å². The number of carboxylic acid groups (broad SMARTS) is 1. The normalized spacial score (nSPS) is 11.8. The van der Waals surface area contributed by atoms with Crippen molar-refractivity contribution in [2.45, 2.75) is 19.4 Å². The molecule has 1 aromatic carbocycles. The van der Waals surface area contributed by atoms with E-state index in [1.807, 2.05) is 0 Å². The van der Waals surface area contributed by atoms with Crippen LogP contribution in [0, 0.1) is 0 Å². The van der Waals surface area contributed by atoms with Crippen LogP contribution in [0.5, 0.6) is 0 Å². The number of hydrogen-bond acceptors (Lipinski definition) is 4. The Kier molecular flexibility index (Phi) is 3.92. The zero-order valence-corrected chi connectivity index (χ0v) is 13.1. The fourth-order valence-electron chi connectivity index (χ4n) is 2.25. The van der Waals surface area contributed by atoms with Gasteiger partial charge in [0.25, 0.3) is 5.92 Å². The Morgan fingerprint density at radius 3 is 2.79 bits per heavy atom. The Bertz CT molecular complexity index is 937. The quantitative estimate of drug-likeness (QED) is 0.778. The van der Waals surface area contributed by atoms with Crippen LogP contribution in [-0.4, -0.2) is 30.8 Å². The number of carbonyl (C=O) groups is 1. The van der Waals surface area contributed by atoms with Gasteiger partial charge in [0.2, 0.25) is 0 Å². The number of aliphatic carboxylic acids is 1. The smallest absolute Gasteiger partial charge is 0.325 e. The molecule has 6 nitrogen and oxygen atoms in total. The number of aromatic nitrogens is 4. The van der Waals surface area contributed by atoms with E-state index in [2.05, 4.69) is 15.1 Å². The molecule has 0 amide bonds. The summed E-state index contributed by atoms with van der Waals surface area (Å²) in [6.45, 7) is 0.384. The van der Waals surface area contributed by atoms with E-state index in [1.54, 1.807) is 6.07 Å². The SMILES string of the molecule is CC(F)(F)c1cc(-c2cnc3cnn(CC(=O)O)c3n2)ccc1Cl. The minimum absolute atomic E-state index is 0.0452. The fourth-order valence-corrected chi connectivity index (χ4v) is 2.54. The second-order valence-corrected chi connectivity index (χ2v) is 5.65. The summed E-state index contributed by atoms with van der Waals surface area (Å²) in [5.41, 5.74) is 1.07. The van der Waals surface area contributed by atoms with Crippen molar-refractivity contribution >= 4 is 28.7 Å². The molecule has 0 saturated heterocycles. The fraction of sp³-hybridized carbons (Fsp3) is 0.200. The molecule has 2 aromatic heterocycles. The third-order valence-corrected chi connectivity index (χ3v) is 3.69. The summed E-state index contributed by atoms with van der Waals surface area (Å²) in [5.74, 6) is -4.18. The summed E-state index contributed by atoms with van der Waals surface area (Å²) in [7, 11) is 0. The number of hydrogen-bond donors (Lipinski definition) is 1. The van der Waals surface area contributed by atoms with Crippen molar-refractivity contribution in [2.24, 2.45) is 0 Å². The zero-order chi connectivity index (χ0) is 17.5. The van der Waals surface area contributed by atoms with Crippen molar-refractivity contribution < 1.29 is 18.7 Å². The van der Waals surface area contributed by atoms with E-state index in [4.69, 9.17) is 16.7 Å². The largest absolute Gasteiger partial charge is 0.480 e. The molecule has 9 heteroatoms. The number of alkyl halides is 2. The molecule has 2 heterocycles. The van der Waals surface area contributed by atoms with Crippen LogP contribution >= 0.6 is 11.6 Å². The van der Waals surface area contributed by atoms with Crippen LogP contribution in [0.3, 0.4) is 0 Å². The standard InChI is InChI=1S/C15H11ClF2N4O2/c1-15(17,18)9-4-8(2-3-10(9)16)11-5-19-12-6-20-22(7-13(23)24)14(12)21-11/h2-6H,7H2,1H3,(H,23,24). The molecule has 0 radical (unpaired) electrons. The number of rotatable bonds is 4. The molecule has 0 saturated carbocycles. The molecule has 0 bridgehead atoms. The van der Waals surface area contributed by atoms with Crippen molar-refractivity contribution in [3.8, 4) is 11.3 Å². The van der Waals surface area contributed by atoms with Gasteiger partial charge in [-0.1, -0.05) is 17.7 Å². The highest BCUT2D eigenvalue weighted by Crippen LogP contribution is 2.35. The Morgan fingerprint density at radius 2 is 2.12 bits per heavy atom. The van der Waals surface area contributed by atoms with Gasteiger partial charge >= 0.3 is 5.97 Å². The molecule has 124 valence electrons. The van der Waals surface area contributed by atoms with Crippen molar-refractivity contribution in [3.05, 3.63) is 41.2 Å². The third-order valence-electron chi connectivity index (χ3n) is 3.37. The van der Waals surface area contributed by atoms with E-state index in [9.17, 15) is 13.6 Å². The summed E-state index contributed by atoms with van der Waals surface area (Å²) >= 11 is 5.83. The van der Waals surface area contributed by atoms with E-state index in [-0.39, 0.29) is 22.8 Å². The number of carboxylic acids is 1. The molecule has 0 aliphatic rings. The van der Waals surface area contributed by atoms with Gasteiger partial charge in [-0.15, -0.1) is 0 Å². The van der Waals surface area contributed by atoms with Crippen molar-refractivity contribution in [3.63, 3.8) is 0 Å². The second-order valence-electron chi connectivity index (χ2n) is 5.24. The highest BCUT2D eigenvalue weighted by molar-refractivity contribution is 6.31. The molecule has 1 N–H and O–H groups in total. The van der Waals surface area contributed by atoms with Gasteiger partial charge in [0, 0.05) is 23.1 Å². The summed E-state index contributed by atoms with van der Waals surface area (Å²) < 4.78 is 28.4. The second kappa shape index (κ2) is 5.79. The molecule has 0 aliphatic carbocycles. The van der Waals surface area contributed by atoms with Gasteiger partial charge in [0.15, 0.2) is 5.65 Å². The summed E-state index contributed by atoms with van der Waals surface area (Å²) in [6, 6.07) is 4.16. The Hall–Kier alpha value is -2.61. The molecule has 0 spiro atoms. The first-order chi connectivity index (χ1) is 11.3. The molecule has 3 aromatic rings. The van der Waals surface area contributed by atoms with Gasteiger partial charge in [-0.05, 0) is 12.1 Å². The van der Waals surface area contributed by atoms with E-state index in [1.165, 1.54) is 29.2 Å². The van der Waals surface area contributed by atoms with Gasteiger partial charge in [0.05, 0.1) is 18.1 Å². The summed E-state index contributed by atoms with van der Waals surface area (Å²) in [6.07, 6.45) is 2.80. The lowest BCUT2D eigenvalue weighted by molar-refractivity contribution is -0.137. The molecule has 0 unspecified atom stereocenters. The van der Waals surface area contributed by atoms with Crippen molar-refractivity contribution in [1.29, 1.82) is 0 Å². The van der Waals surface area contributed by atoms with Crippen LogP contribution in [0.4, 0.5) is 8.78 Å². The molecule has 0 fully saturated rings. The third kappa shape index (κ3) is 3.05. The first-order valence-corrected chi connectivity index (χ1v) is 7.22. The molecular weight excluding hydrogens is 342 g/mol. The zero-order valence-electron chi connectivity index (χ0n) is 12.4. The predicted molar refractivity (Wildman–Crippen MR) is 83.0 cm³/mol. The van der Waals surface area contributed by atoms with Gasteiger partial charge in [-0.25, -0.2) is 23.4 Å². The van der Waals surface area contributed by atoms with Crippen LogP contribution in [0.25, 0.3) is 22.4 Å². The summed E-state index contributed by atoms with van der Waals surface area (Å²) in [5, 5.41) is 12.7. The average molecular weight is 353 g/mol. The van der Waals surface area contributed by atoms with Crippen LogP contribution in [0.2, 0.25) is 5.02 Å². The minimum atomic E-state index is -3.10. The van der Waals surface area contributed by atoms with Crippen molar-refractivity contribution in [1.82, 2.24) is 19.7 Å². The van der Waals surface area contributed by atoms with E-state index < -0.39 is 11.9 Å². The Morgan fingerprint density at radius 1 is 1.38 bits per heavy atom. The van der Waals surface area contributed by atoms with E-state index in [0.717, 1.165) is 6.92 Å². The predicted octanol–water partition coefficient (Wildman–Crippen LogP) is 3.34. The average Bonchev–Trinajstić information content (AvgIpc) is 2.88. The minimum Gasteiger partial charge on any atom is -0.480 e. The molecule has 0 atom stereocenters. The molecule has 24 heavy (non-hydrogen) atoms. The number of benzene rings is 1. The van der Waals surface area contributed by atoms with Gasteiger partial charge in [-0.3, -0.25) is 4.79 Å². The Balaban J connectivity index is 2.11. The monoisotopic (exact) mass is 352 g/mol. The molecule has 0 aliphatic heterocycles. The maximum atomic E-state index is 13.6. The highest BCUT2D eigenvalue weighted by Gasteiger charge is 2.27. The lowest BCUT2D eigenvalue weighted by Crippen LogP contribution is -2.10. The van der Waals surface area contributed by atoms with Crippen LogP contribution in [0.15, 0.2) is 30.6 Å². The number of nitrogens with zero attached hydrogens (tertiary/aromatic N) is 4. The first-order valence-electron chi connectivity index (χ1n) is 6.84.